The molecule has 2 aliphatic heterocycles. The maximum absolute atomic E-state index is 6.02. The highest BCUT2D eigenvalue weighted by molar-refractivity contribution is 7.99. The molecule has 7 heteroatoms. The van der Waals surface area contributed by atoms with E-state index in [1.54, 1.807) is 0 Å². The van der Waals surface area contributed by atoms with Crippen molar-refractivity contribution >= 4 is 34.4 Å². The molecular formula is C23H27N5OS. The Hall–Kier alpha value is -2.35. The molecule has 6 nitrogen and oxygen atoms in total. The van der Waals surface area contributed by atoms with Gasteiger partial charge in [0.25, 0.3) is 0 Å². The summed E-state index contributed by atoms with van der Waals surface area (Å²) in [7, 11) is 0. The molecule has 0 unspecified atom stereocenters. The molecule has 156 valence electrons. The molecule has 3 aromatic rings. The van der Waals surface area contributed by atoms with Crippen LogP contribution in [0.15, 0.2) is 47.4 Å². The summed E-state index contributed by atoms with van der Waals surface area (Å²) in [4.78, 5) is 13.6. The second kappa shape index (κ2) is 8.06. The molecule has 3 heterocycles. The van der Waals surface area contributed by atoms with Crippen molar-refractivity contribution < 1.29 is 4.74 Å². The first-order valence-corrected chi connectivity index (χ1v) is 11.4. The standard InChI is InChI=1S/C23H27N5OS/c1-16-6-7-19-18(10-16)21(25-13-23(12-24)14-29-15-23)27-22(26-19)28-8-9-30-20-5-3-2-4-17(20)11-28/h2-7,10H,8-9,11-15,24H2,1H3,(H,25,26,27). The fraction of sp³-hybridized carbons (Fsp3) is 0.391. The summed E-state index contributed by atoms with van der Waals surface area (Å²) in [5.74, 6) is 2.67. The number of nitrogens with two attached hydrogens (primary N) is 1. The van der Waals surface area contributed by atoms with Crippen molar-refractivity contribution in [2.45, 2.75) is 18.4 Å². The third-order valence-electron chi connectivity index (χ3n) is 5.96. The second-order valence-electron chi connectivity index (χ2n) is 8.32. The SMILES string of the molecule is Cc1ccc2nc(N3CCSc4ccccc4C3)nc(NCC3(CN)COC3)c2c1. The van der Waals surface area contributed by atoms with Gasteiger partial charge in [-0.25, -0.2) is 4.98 Å². The highest BCUT2D eigenvalue weighted by atomic mass is 32.2. The van der Waals surface area contributed by atoms with Crippen LogP contribution < -0.4 is 16.0 Å². The Morgan fingerprint density at radius 2 is 2.07 bits per heavy atom. The van der Waals surface area contributed by atoms with Gasteiger partial charge in [-0.3, -0.25) is 0 Å². The molecule has 2 aliphatic rings. The topological polar surface area (TPSA) is 76.3 Å². The first-order valence-electron chi connectivity index (χ1n) is 10.4. The van der Waals surface area contributed by atoms with Crippen LogP contribution in [0.4, 0.5) is 11.8 Å². The smallest absolute Gasteiger partial charge is 0.228 e. The van der Waals surface area contributed by atoms with Gasteiger partial charge < -0.3 is 20.7 Å². The number of benzene rings is 2. The summed E-state index contributed by atoms with van der Waals surface area (Å²) >= 11 is 1.90. The predicted octanol–water partition coefficient (Wildman–Crippen LogP) is 3.44. The summed E-state index contributed by atoms with van der Waals surface area (Å²) in [5, 5.41) is 4.63. The van der Waals surface area contributed by atoms with Crippen molar-refractivity contribution in [3.05, 3.63) is 53.6 Å². The fourth-order valence-corrected chi connectivity index (χ4v) is 4.98. The van der Waals surface area contributed by atoms with E-state index in [0.717, 1.165) is 48.1 Å². The number of hydrogen-bond donors (Lipinski definition) is 2. The van der Waals surface area contributed by atoms with E-state index in [4.69, 9.17) is 20.4 Å². The normalized spacial score (nSPS) is 17.9. The van der Waals surface area contributed by atoms with Crippen molar-refractivity contribution in [3.63, 3.8) is 0 Å². The average molecular weight is 422 g/mol. The minimum Gasteiger partial charge on any atom is -0.380 e. The van der Waals surface area contributed by atoms with Crippen molar-refractivity contribution in [1.82, 2.24) is 9.97 Å². The van der Waals surface area contributed by atoms with Gasteiger partial charge in [0, 0.05) is 47.6 Å². The number of aromatic nitrogens is 2. The van der Waals surface area contributed by atoms with E-state index in [0.29, 0.717) is 19.8 Å². The van der Waals surface area contributed by atoms with Crippen molar-refractivity contribution in [1.29, 1.82) is 0 Å². The number of fused-ring (bicyclic) bond motifs is 2. The number of nitrogens with zero attached hydrogens (tertiary/aromatic N) is 3. The number of nitrogens with one attached hydrogen (secondary N) is 1. The number of anilines is 2. The lowest BCUT2D eigenvalue weighted by Gasteiger charge is -2.40. The Morgan fingerprint density at radius 1 is 1.20 bits per heavy atom. The molecule has 1 fully saturated rings. The van der Waals surface area contributed by atoms with Crippen LogP contribution in [0.3, 0.4) is 0 Å². The van der Waals surface area contributed by atoms with E-state index in [2.05, 4.69) is 59.6 Å². The number of ether oxygens (including phenoxy) is 1. The summed E-state index contributed by atoms with van der Waals surface area (Å²) < 4.78 is 5.43. The number of aryl methyl sites for hydroxylation is 1. The molecule has 0 spiro atoms. The molecule has 0 radical (unpaired) electrons. The van der Waals surface area contributed by atoms with Gasteiger partial charge in [0.1, 0.15) is 5.82 Å². The van der Waals surface area contributed by atoms with Gasteiger partial charge in [0.05, 0.1) is 18.7 Å². The highest BCUT2D eigenvalue weighted by Crippen LogP contribution is 2.32. The summed E-state index contributed by atoms with van der Waals surface area (Å²) in [6, 6.07) is 15.0. The van der Waals surface area contributed by atoms with Gasteiger partial charge >= 0.3 is 0 Å². The zero-order valence-electron chi connectivity index (χ0n) is 17.2. The third kappa shape index (κ3) is 3.73. The quantitative estimate of drug-likeness (QED) is 0.653. The molecule has 0 amide bonds. The average Bonchev–Trinajstić information content (AvgIpc) is 2.96. The van der Waals surface area contributed by atoms with Gasteiger partial charge in [-0.15, -0.1) is 11.8 Å². The molecule has 0 saturated carbocycles. The molecule has 1 saturated heterocycles. The Balaban J connectivity index is 1.50. The van der Waals surface area contributed by atoms with Crippen LogP contribution in [0, 0.1) is 12.3 Å². The molecule has 5 rings (SSSR count). The lowest BCUT2D eigenvalue weighted by Crippen LogP contribution is -2.52. The molecule has 1 aromatic heterocycles. The fourth-order valence-electron chi connectivity index (χ4n) is 3.96. The van der Waals surface area contributed by atoms with E-state index in [1.807, 2.05) is 11.8 Å². The second-order valence-corrected chi connectivity index (χ2v) is 9.46. The van der Waals surface area contributed by atoms with Crippen LogP contribution in [0.25, 0.3) is 10.9 Å². The van der Waals surface area contributed by atoms with Gasteiger partial charge in [0.15, 0.2) is 0 Å². The van der Waals surface area contributed by atoms with Crippen molar-refractivity contribution in [3.8, 4) is 0 Å². The summed E-state index contributed by atoms with van der Waals surface area (Å²) in [5.41, 5.74) is 9.50. The Labute approximate surface area is 181 Å². The molecule has 2 aromatic carbocycles. The minimum absolute atomic E-state index is 0.000550. The zero-order valence-corrected chi connectivity index (χ0v) is 18.0. The molecule has 0 bridgehead atoms. The number of thioether (sulfide) groups is 1. The van der Waals surface area contributed by atoms with Crippen LogP contribution in [-0.4, -0.2) is 48.6 Å². The van der Waals surface area contributed by atoms with Gasteiger partial charge in [0.2, 0.25) is 5.95 Å². The third-order valence-corrected chi connectivity index (χ3v) is 7.05. The van der Waals surface area contributed by atoms with Crippen molar-refractivity contribution in [2.75, 3.05) is 48.8 Å². The van der Waals surface area contributed by atoms with Crippen molar-refractivity contribution in [2.24, 2.45) is 11.1 Å². The Kier molecular flexibility index (Phi) is 5.26. The van der Waals surface area contributed by atoms with Crippen LogP contribution in [0.1, 0.15) is 11.1 Å². The summed E-state index contributed by atoms with van der Waals surface area (Å²) in [6.07, 6.45) is 0. The van der Waals surface area contributed by atoms with E-state index in [9.17, 15) is 0 Å². The maximum Gasteiger partial charge on any atom is 0.228 e. The first kappa shape index (κ1) is 19.6. The number of hydrogen-bond acceptors (Lipinski definition) is 7. The van der Waals surface area contributed by atoms with Crippen LogP contribution in [0.5, 0.6) is 0 Å². The largest absolute Gasteiger partial charge is 0.380 e. The lowest BCUT2D eigenvalue weighted by molar-refractivity contribution is -0.0979. The van der Waals surface area contributed by atoms with Gasteiger partial charge in [-0.05, 0) is 30.7 Å². The van der Waals surface area contributed by atoms with Crippen LogP contribution in [-0.2, 0) is 11.3 Å². The van der Waals surface area contributed by atoms with E-state index in [1.165, 1.54) is 16.0 Å². The highest BCUT2D eigenvalue weighted by Gasteiger charge is 2.37. The maximum atomic E-state index is 6.02. The molecule has 30 heavy (non-hydrogen) atoms. The zero-order chi connectivity index (χ0) is 20.6. The first-order chi connectivity index (χ1) is 14.7. The summed E-state index contributed by atoms with van der Waals surface area (Å²) in [6.45, 7) is 6.59. The van der Waals surface area contributed by atoms with Crippen LogP contribution >= 0.6 is 11.8 Å². The Bertz CT molecular complexity index is 1060. The van der Waals surface area contributed by atoms with E-state index < -0.39 is 0 Å². The molecule has 3 N–H and O–H groups in total. The van der Waals surface area contributed by atoms with E-state index >= 15 is 0 Å². The van der Waals surface area contributed by atoms with Crippen LogP contribution in [0.2, 0.25) is 0 Å². The molecule has 0 atom stereocenters. The lowest BCUT2D eigenvalue weighted by atomic mass is 9.86. The molecular weight excluding hydrogens is 394 g/mol. The predicted molar refractivity (Wildman–Crippen MR) is 123 cm³/mol. The van der Waals surface area contributed by atoms with E-state index in [-0.39, 0.29) is 5.41 Å². The minimum atomic E-state index is -0.000550. The number of rotatable bonds is 5. The monoisotopic (exact) mass is 421 g/mol. The van der Waals surface area contributed by atoms with Gasteiger partial charge in [-0.2, -0.15) is 4.98 Å². The Morgan fingerprint density at radius 3 is 2.87 bits per heavy atom. The van der Waals surface area contributed by atoms with Gasteiger partial charge in [-0.1, -0.05) is 29.8 Å². The molecule has 0 aliphatic carbocycles.